The van der Waals surface area contributed by atoms with E-state index in [1.165, 1.54) is 23.5 Å². The lowest BCUT2D eigenvalue weighted by atomic mass is 10.1. The first-order chi connectivity index (χ1) is 11.9. The number of nitrogens with zero attached hydrogens (tertiary/aromatic N) is 2. The van der Waals surface area contributed by atoms with Crippen LogP contribution in [0.5, 0.6) is 0 Å². The maximum atomic E-state index is 12.4. The second-order valence-corrected chi connectivity index (χ2v) is 6.55. The van der Waals surface area contributed by atoms with Gasteiger partial charge in [0.25, 0.3) is 11.6 Å². The highest BCUT2D eigenvalue weighted by Crippen LogP contribution is 2.27. The van der Waals surface area contributed by atoms with Gasteiger partial charge in [0.05, 0.1) is 21.2 Å². The highest BCUT2D eigenvalue weighted by Gasteiger charge is 2.17. The van der Waals surface area contributed by atoms with Crippen LogP contribution in [0, 0.1) is 17.0 Å². The standard InChI is InChI=1S/C17H12ClN3O3S/c1-10-3-2-4-11(7-10)15-9-25-17(19-15)20-16(22)13-8-12(21(23)24)5-6-14(13)18/h2-9H,1H3,(H,19,20,22). The maximum Gasteiger partial charge on any atom is 0.270 e. The summed E-state index contributed by atoms with van der Waals surface area (Å²) in [4.78, 5) is 27.0. The summed E-state index contributed by atoms with van der Waals surface area (Å²) in [6.07, 6.45) is 0. The Morgan fingerprint density at radius 2 is 2.08 bits per heavy atom. The number of carbonyl (C=O) groups excluding carboxylic acids is 1. The van der Waals surface area contributed by atoms with Gasteiger partial charge in [0.2, 0.25) is 0 Å². The number of anilines is 1. The van der Waals surface area contributed by atoms with Crippen molar-refractivity contribution < 1.29 is 9.72 Å². The molecule has 6 nitrogen and oxygen atoms in total. The van der Waals surface area contributed by atoms with Gasteiger partial charge in [-0.1, -0.05) is 35.4 Å². The fraction of sp³-hybridized carbons (Fsp3) is 0.0588. The number of non-ortho nitro benzene ring substituents is 1. The molecule has 1 amide bonds. The average Bonchev–Trinajstić information content (AvgIpc) is 3.03. The van der Waals surface area contributed by atoms with E-state index in [2.05, 4.69) is 10.3 Å². The molecule has 1 aromatic heterocycles. The minimum absolute atomic E-state index is 0.0307. The first-order valence-electron chi connectivity index (χ1n) is 7.22. The summed E-state index contributed by atoms with van der Waals surface area (Å²) in [7, 11) is 0. The van der Waals surface area contributed by atoms with Gasteiger partial charge in [-0.2, -0.15) is 0 Å². The van der Waals surface area contributed by atoms with Crippen molar-refractivity contribution in [3.63, 3.8) is 0 Å². The number of aromatic nitrogens is 1. The lowest BCUT2D eigenvalue weighted by Gasteiger charge is -2.04. The van der Waals surface area contributed by atoms with Gasteiger partial charge in [0.15, 0.2) is 5.13 Å². The lowest BCUT2D eigenvalue weighted by molar-refractivity contribution is -0.384. The molecule has 3 rings (SSSR count). The molecular formula is C17H12ClN3O3S. The minimum atomic E-state index is -0.577. The molecule has 0 aliphatic rings. The third-order valence-electron chi connectivity index (χ3n) is 3.44. The molecule has 0 atom stereocenters. The predicted octanol–water partition coefficient (Wildman–Crippen LogP) is 4.93. The van der Waals surface area contributed by atoms with Crippen LogP contribution in [0.25, 0.3) is 11.3 Å². The molecule has 0 aliphatic heterocycles. The van der Waals surface area contributed by atoms with E-state index in [0.29, 0.717) is 5.13 Å². The molecule has 8 heteroatoms. The van der Waals surface area contributed by atoms with Crippen molar-refractivity contribution in [1.29, 1.82) is 0 Å². The molecule has 0 bridgehead atoms. The molecule has 126 valence electrons. The van der Waals surface area contributed by atoms with Gasteiger partial charge < -0.3 is 0 Å². The lowest BCUT2D eigenvalue weighted by Crippen LogP contribution is -2.12. The molecular weight excluding hydrogens is 362 g/mol. The number of benzene rings is 2. The zero-order valence-corrected chi connectivity index (χ0v) is 14.6. The summed E-state index contributed by atoms with van der Waals surface area (Å²) in [5.41, 5.74) is 2.64. The molecule has 1 N–H and O–H groups in total. The van der Waals surface area contributed by atoms with Crippen molar-refractivity contribution in [2.24, 2.45) is 0 Å². The number of hydrogen-bond donors (Lipinski definition) is 1. The third-order valence-corrected chi connectivity index (χ3v) is 4.53. The van der Waals surface area contributed by atoms with Gasteiger partial charge in [0, 0.05) is 23.1 Å². The van der Waals surface area contributed by atoms with Crippen LogP contribution in [0.2, 0.25) is 5.02 Å². The Bertz CT molecular complexity index is 971. The third kappa shape index (κ3) is 3.84. The quantitative estimate of drug-likeness (QED) is 0.518. The second-order valence-electron chi connectivity index (χ2n) is 5.28. The number of nitro groups is 1. The van der Waals surface area contributed by atoms with Crippen LogP contribution in [0.4, 0.5) is 10.8 Å². The van der Waals surface area contributed by atoms with Gasteiger partial charge >= 0.3 is 0 Å². The number of halogens is 1. The van der Waals surface area contributed by atoms with Crippen LogP contribution >= 0.6 is 22.9 Å². The Morgan fingerprint density at radius 3 is 2.80 bits per heavy atom. The molecule has 25 heavy (non-hydrogen) atoms. The van der Waals surface area contributed by atoms with E-state index in [-0.39, 0.29) is 16.3 Å². The summed E-state index contributed by atoms with van der Waals surface area (Å²) >= 11 is 7.25. The summed E-state index contributed by atoms with van der Waals surface area (Å²) in [5.74, 6) is -0.543. The second kappa shape index (κ2) is 7.00. The van der Waals surface area contributed by atoms with Crippen LogP contribution in [0.1, 0.15) is 15.9 Å². The van der Waals surface area contributed by atoms with Gasteiger partial charge in [-0.3, -0.25) is 20.2 Å². The summed E-state index contributed by atoms with van der Waals surface area (Å²) in [6.45, 7) is 1.99. The molecule has 0 saturated heterocycles. The maximum absolute atomic E-state index is 12.4. The smallest absolute Gasteiger partial charge is 0.270 e. The fourth-order valence-corrected chi connectivity index (χ4v) is 3.15. The number of amides is 1. The van der Waals surface area contributed by atoms with Gasteiger partial charge in [-0.25, -0.2) is 4.98 Å². The minimum Gasteiger partial charge on any atom is -0.298 e. The highest BCUT2D eigenvalue weighted by atomic mass is 35.5. The number of thiazole rings is 1. The molecule has 2 aromatic carbocycles. The van der Waals surface area contributed by atoms with E-state index in [4.69, 9.17) is 11.6 Å². The van der Waals surface area contributed by atoms with Gasteiger partial charge in [0.1, 0.15) is 0 Å². The van der Waals surface area contributed by atoms with Crippen molar-refractivity contribution in [3.05, 3.63) is 74.1 Å². The van der Waals surface area contributed by atoms with Gasteiger partial charge in [-0.15, -0.1) is 11.3 Å². The molecule has 0 fully saturated rings. The van der Waals surface area contributed by atoms with Crippen LogP contribution in [0.3, 0.4) is 0 Å². The first kappa shape index (κ1) is 17.1. The summed E-state index contributed by atoms with van der Waals surface area (Å²) < 4.78 is 0. The van der Waals surface area contributed by atoms with Crippen LogP contribution < -0.4 is 5.32 Å². The van der Waals surface area contributed by atoms with Crippen LogP contribution in [0.15, 0.2) is 47.8 Å². The van der Waals surface area contributed by atoms with E-state index < -0.39 is 10.8 Å². The Balaban J connectivity index is 1.83. The highest BCUT2D eigenvalue weighted by molar-refractivity contribution is 7.14. The Hall–Kier alpha value is -2.77. The van der Waals surface area contributed by atoms with Crippen molar-refractivity contribution in [2.45, 2.75) is 6.92 Å². The molecule has 0 unspecified atom stereocenters. The number of aryl methyl sites for hydroxylation is 1. The van der Waals surface area contributed by atoms with E-state index >= 15 is 0 Å². The Kier molecular flexibility index (Phi) is 4.78. The average molecular weight is 374 g/mol. The molecule has 0 spiro atoms. The zero-order chi connectivity index (χ0) is 18.0. The van der Waals surface area contributed by atoms with E-state index in [1.54, 1.807) is 0 Å². The van der Waals surface area contributed by atoms with E-state index in [1.807, 2.05) is 36.6 Å². The predicted molar refractivity (Wildman–Crippen MR) is 98.3 cm³/mol. The number of hydrogen-bond acceptors (Lipinski definition) is 5. The van der Waals surface area contributed by atoms with Crippen molar-refractivity contribution in [2.75, 3.05) is 5.32 Å². The molecule has 0 aliphatic carbocycles. The van der Waals surface area contributed by atoms with Crippen LogP contribution in [-0.2, 0) is 0 Å². The van der Waals surface area contributed by atoms with Crippen LogP contribution in [-0.4, -0.2) is 15.8 Å². The first-order valence-corrected chi connectivity index (χ1v) is 8.47. The molecule has 1 heterocycles. The van der Waals surface area contributed by atoms with Gasteiger partial charge in [-0.05, 0) is 19.1 Å². The number of carbonyl (C=O) groups is 1. The van der Waals surface area contributed by atoms with Crippen molar-refractivity contribution >= 4 is 39.7 Å². The topological polar surface area (TPSA) is 85.1 Å². The van der Waals surface area contributed by atoms with E-state index in [9.17, 15) is 14.9 Å². The fourth-order valence-electron chi connectivity index (χ4n) is 2.23. The Labute approximate surface area is 152 Å². The number of nitro benzene ring substituents is 1. The monoisotopic (exact) mass is 373 g/mol. The Morgan fingerprint density at radius 1 is 1.28 bits per heavy atom. The van der Waals surface area contributed by atoms with E-state index in [0.717, 1.165) is 22.9 Å². The number of nitrogens with one attached hydrogen (secondary N) is 1. The normalized spacial score (nSPS) is 10.5. The molecule has 0 radical (unpaired) electrons. The zero-order valence-electron chi connectivity index (χ0n) is 13.0. The largest absolute Gasteiger partial charge is 0.298 e. The molecule has 3 aromatic rings. The van der Waals surface area contributed by atoms with Crippen molar-refractivity contribution in [3.8, 4) is 11.3 Å². The SMILES string of the molecule is Cc1cccc(-c2csc(NC(=O)c3cc([N+](=O)[O-])ccc3Cl)n2)c1. The number of rotatable bonds is 4. The molecule has 0 saturated carbocycles. The summed E-state index contributed by atoms with van der Waals surface area (Å²) in [5, 5.41) is 15.8. The summed E-state index contributed by atoms with van der Waals surface area (Å²) in [6, 6.07) is 11.6. The van der Waals surface area contributed by atoms with Crippen molar-refractivity contribution in [1.82, 2.24) is 4.98 Å².